The van der Waals surface area contributed by atoms with Crippen molar-refractivity contribution >= 4 is 0 Å². The first-order valence-corrected chi connectivity index (χ1v) is 8.84. The summed E-state index contributed by atoms with van der Waals surface area (Å²) in [5.74, 6) is 3.48. The summed E-state index contributed by atoms with van der Waals surface area (Å²) in [5.41, 5.74) is 1.47. The molecule has 0 radical (unpaired) electrons. The first kappa shape index (κ1) is 15.0. The largest absolute Gasteiger partial charge is 0.314 e. The van der Waals surface area contributed by atoms with E-state index in [1.807, 2.05) is 12.4 Å². The Bertz CT molecular complexity index is 424. The van der Waals surface area contributed by atoms with Crippen LogP contribution >= 0.6 is 0 Å². The molecule has 3 atom stereocenters. The molecule has 3 rings (SSSR count). The maximum atomic E-state index is 4.16. The average molecular weight is 286 g/mol. The molecule has 0 amide bonds. The molecule has 0 aromatic carbocycles. The van der Waals surface area contributed by atoms with E-state index in [0.717, 1.165) is 29.7 Å². The molecule has 0 spiro atoms. The SMILES string of the molecule is CC(C)C1CCC(CNC2CC2)C(Cc2ccncc2)C1. The molecular formula is C19H30N2. The molecule has 0 aliphatic heterocycles. The van der Waals surface area contributed by atoms with Crippen LogP contribution < -0.4 is 5.32 Å². The van der Waals surface area contributed by atoms with E-state index >= 15 is 0 Å². The van der Waals surface area contributed by atoms with Crippen LogP contribution in [0.25, 0.3) is 0 Å². The summed E-state index contributed by atoms with van der Waals surface area (Å²) in [6.45, 7) is 6.04. The van der Waals surface area contributed by atoms with Crippen molar-refractivity contribution in [1.82, 2.24) is 10.3 Å². The summed E-state index contributed by atoms with van der Waals surface area (Å²) in [4.78, 5) is 4.16. The molecule has 2 heteroatoms. The zero-order chi connectivity index (χ0) is 14.7. The van der Waals surface area contributed by atoms with Crippen LogP contribution in [0.5, 0.6) is 0 Å². The highest BCUT2D eigenvalue weighted by Gasteiger charge is 2.32. The summed E-state index contributed by atoms with van der Waals surface area (Å²) < 4.78 is 0. The smallest absolute Gasteiger partial charge is 0.0270 e. The van der Waals surface area contributed by atoms with Gasteiger partial charge < -0.3 is 5.32 Å². The van der Waals surface area contributed by atoms with E-state index in [-0.39, 0.29) is 0 Å². The van der Waals surface area contributed by atoms with Crippen LogP contribution in [0.3, 0.4) is 0 Å². The van der Waals surface area contributed by atoms with Crippen molar-refractivity contribution in [3.63, 3.8) is 0 Å². The molecular weight excluding hydrogens is 256 g/mol. The van der Waals surface area contributed by atoms with Crippen molar-refractivity contribution in [2.45, 2.75) is 58.4 Å². The van der Waals surface area contributed by atoms with Gasteiger partial charge in [-0.05, 0) is 86.4 Å². The Balaban J connectivity index is 1.62. The summed E-state index contributed by atoms with van der Waals surface area (Å²) in [6.07, 6.45) is 12.2. The van der Waals surface area contributed by atoms with Crippen molar-refractivity contribution < 1.29 is 0 Å². The molecule has 0 bridgehead atoms. The second-order valence-corrected chi connectivity index (χ2v) is 7.58. The first-order valence-electron chi connectivity index (χ1n) is 8.84. The van der Waals surface area contributed by atoms with E-state index in [2.05, 4.69) is 36.3 Å². The van der Waals surface area contributed by atoms with Gasteiger partial charge in [-0.2, -0.15) is 0 Å². The third-order valence-electron chi connectivity index (χ3n) is 5.62. The molecule has 2 fully saturated rings. The van der Waals surface area contributed by atoms with Crippen LogP contribution in [0, 0.1) is 23.7 Å². The Kier molecular flexibility index (Phi) is 4.95. The highest BCUT2D eigenvalue weighted by molar-refractivity contribution is 5.11. The van der Waals surface area contributed by atoms with Crippen LogP contribution in [0.15, 0.2) is 24.5 Å². The van der Waals surface area contributed by atoms with E-state index in [9.17, 15) is 0 Å². The first-order chi connectivity index (χ1) is 10.2. The third kappa shape index (κ3) is 4.29. The fraction of sp³-hybridized carbons (Fsp3) is 0.737. The summed E-state index contributed by atoms with van der Waals surface area (Å²) in [5, 5.41) is 3.77. The molecule has 2 aliphatic carbocycles. The Morgan fingerprint density at radius 2 is 1.86 bits per heavy atom. The lowest BCUT2D eigenvalue weighted by atomic mass is 9.69. The maximum Gasteiger partial charge on any atom is 0.0270 e. The second kappa shape index (κ2) is 6.91. The monoisotopic (exact) mass is 286 g/mol. The summed E-state index contributed by atoms with van der Waals surface area (Å²) in [6, 6.07) is 5.24. The minimum absolute atomic E-state index is 0.835. The molecule has 0 saturated heterocycles. The number of aromatic nitrogens is 1. The second-order valence-electron chi connectivity index (χ2n) is 7.58. The molecule has 1 aromatic heterocycles. The van der Waals surface area contributed by atoms with E-state index in [0.29, 0.717) is 0 Å². The van der Waals surface area contributed by atoms with Crippen LogP contribution in [0.2, 0.25) is 0 Å². The molecule has 1 heterocycles. The zero-order valence-electron chi connectivity index (χ0n) is 13.6. The molecule has 1 aromatic rings. The lowest BCUT2D eigenvalue weighted by Crippen LogP contribution is -2.36. The van der Waals surface area contributed by atoms with Gasteiger partial charge in [0, 0.05) is 18.4 Å². The predicted octanol–water partition coefficient (Wildman–Crippen LogP) is 4.06. The Morgan fingerprint density at radius 3 is 2.52 bits per heavy atom. The number of hydrogen-bond donors (Lipinski definition) is 1. The van der Waals surface area contributed by atoms with Gasteiger partial charge in [0.25, 0.3) is 0 Å². The zero-order valence-corrected chi connectivity index (χ0v) is 13.6. The van der Waals surface area contributed by atoms with E-state index in [1.54, 1.807) is 0 Å². The van der Waals surface area contributed by atoms with Crippen LogP contribution in [0.1, 0.15) is 51.5 Å². The molecule has 21 heavy (non-hydrogen) atoms. The molecule has 2 aliphatic rings. The summed E-state index contributed by atoms with van der Waals surface area (Å²) in [7, 11) is 0. The van der Waals surface area contributed by atoms with Crippen LogP contribution in [0.4, 0.5) is 0 Å². The van der Waals surface area contributed by atoms with E-state index in [1.165, 1.54) is 50.6 Å². The van der Waals surface area contributed by atoms with Gasteiger partial charge in [0.2, 0.25) is 0 Å². The minimum Gasteiger partial charge on any atom is -0.314 e. The minimum atomic E-state index is 0.835. The van der Waals surface area contributed by atoms with E-state index < -0.39 is 0 Å². The molecule has 3 unspecified atom stereocenters. The van der Waals surface area contributed by atoms with Crippen LogP contribution in [-0.4, -0.2) is 17.6 Å². The van der Waals surface area contributed by atoms with Gasteiger partial charge in [-0.1, -0.05) is 13.8 Å². The fourth-order valence-corrected chi connectivity index (χ4v) is 3.91. The maximum absolute atomic E-state index is 4.16. The summed E-state index contributed by atoms with van der Waals surface area (Å²) >= 11 is 0. The van der Waals surface area contributed by atoms with Gasteiger partial charge >= 0.3 is 0 Å². The average Bonchev–Trinajstić information content (AvgIpc) is 3.31. The molecule has 1 N–H and O–H groups in total. The Morgan fingerprint density at radius 1 is 1.10 bits per heavy atom. The van der Waals surface area contributed by atoms with Crippen molar-refractivity contribution in [2.75, 3.05) is 6.54 Å². The van der Waals surface area contributed by atoms with Gasteiger partial charge in [-0.3, -0.25) is 4.98 Å². The van der Waals surface area contributed by atoms with Crippen molar-refractivity contribution in [3.8, 4) is 0 Å². The Hall–Kier alpha value is -0.890. The number of hydrogen-bond acceptors (Lipinski definition) is 2. The van der Waals surface area contributed by atoms with Crippen molar-refractivity contribution in [2.24, 2.45) is 23.7 Å². The van der Waals surface area contributed by atoms with Gasteiger partial charge in [0.05, 0.1) is 0 Å². The standard InChI is InChI=1S/C19H30N2/c1-14(2)16-3-4-17(13-21-19-5-6-19)18(12-16)11-15-7-9-20-10-8-15/h7-10,14,16-19,21H,3-6,11-13H2,1-2H3. The van der Waals surface area contributed by atoms with Crippen molar-refractivity contribution in [3.05, 3.63) is 30.1 Å². The molecule has 116 valence electrons. The Labute approximate surface area is 129 Å². The normalized spacial score (nSPS) is 29.8. The lowest BCUT2D eigenvalue weighted by Gasteiger charge is -2.38. The van der Waals surface area contributed by atoms with Gasteiger partial charge in [0.15, 0.2) is 0 Å². The number of rotatable bonds is 6. The van der Waals surface area contributed by atoms with Crippen LogP contribution in [-0.2, 0) is 6.42 Å². The van der Waals surface area contributed by atoms with Crippen molar-refractivity contribution in [1.29, 1.82) is 0 Å². The highest BCUT2D eigenvalue weighted by Crippen LogP contribution is 2.39. The lowest BCUT2D eigenvalue weighted by molar-refractivity contribution is 0.144. The van der Waals surface area contributed by atoms with E-state index in [4.69, 9.17) is 0 Å². The highest BCUT2D eigenvalue weighted by atomic mass is 14.9. The fourth-order valence-electron chi connectivity index (χ4n) is 3.91. The topological polar surface area (TPSA) is 24.9 Å². The quantitative estimate of drug-likeness (QED) is 0.853. The van der Waals surface area contributed by atoms with Gasteiger partial charge in [-0.25, -0.2) is 0 Å². The number of pyridine rings is 1. The van der Waals surface area contributed by atoms with Gasteiger partial charge in [0.1, 0.15) is 0 Å². The molecule has 2 nitrogen and oxygen atoms in total. The predicted molar refractivity (Wildman–Crippen MR) is 88.1 cm³/mol. The third-order valence-corrected chi connectivity index (χ3v) is 5.62. The number of nitrogens with zero attached hydrogens (tertiary/aromatic N) is 1. The molecule has 2 saturated carbocycles. The van der Waals surface area contributed by atoms with Gasteiger partial charge in [-0.15, -0.1) is 0 Å². The number of nitrogens with one attached hydrogen (secondary N) is 1.